The van der Waals surface area contributed by atoms with Crippen molar-refractivity contribution in [3.05, 3.63) is 47.4 Å². The molecule has 0 aliphatic carbocycles. The zero-order chi connectivity index (χ0) is 14.4. The van der Waals surface area contributed by atoms with Crippen LogP contribution in [0, 0.1) is 13.8 Å². The maximum atomic E-state index is 4.56. The third kappa shape index (κ3) is 4.53. The summed E-state index contributed by atoms with van der Waals surface area (Å²) in [5.74, 6) is 2.61. The molecule has 0 amide bonds. The van der Waals surface area contributed by atoms with Crippen molar-refractivity contribution in [2.75, 3.05) is 11.9 Å². The summed E-state index contributed by atoms with van der Waals surface area (Å²) in [6, 6.07) is 10.6. The van der Waals surface area contributed by atoms with Crippen LogP contribution >= 0.6 is 11.8 Å². The number of nitrogens with one attached hydrogen (secondary N) is 1. The van der Waals surface area contributed by atoms with Gasteiger partial charge in [0.25, 0.3) is 0 Å². The molecule has 0 radical (unpaired) electrons. The normalized spacial score (nSPS) is 10.6. The lowest BCUT2D eigenvalue weighted by Crippen LogP contribution is -2.05. The number of aryl methyl sites for hydroxylation is 2. The Morgan fingerprint density at radius 1 is 1.10 bits per heavy atom. The first-order chi connectivity index (χ1) is 9.67. The van der Waals surface area contributed by atoms with Crippen LogP contribution in [0.1, 0.15) is 30.4 Å². The fraction of sp³-hybridized carbons (Fsp3) is 0.375. The summed E-state index contributed by atoms with van der Waals surface area (Å²) in [5, 5.41) is 3.32. The molecule has 20 heavy (non-hydrogen) atoms. The minimum absolute atomic E-state index is 0.797. The molecule has 2 aromatic rings. The molecule has 106 valence electrons. The lowest BCUT2D eigenvalue weighted by molar-refractivity contribution is 0.940. The smallest absolute Gasteiger partial charge is 0.141 e. The van der Waals surface area contributed by atoms with Gasteiger partial charge in [-0.2, -0.15) is 0 Å². The second-order valence-electron chi connectivity index (χ2n) is 4.84. The van der Waals surface area contributed by atoms with E-state index >= 15 is 0 Å². The standard InChI is InChI=1S/C16H21N3S/c1-4-9-17-15-10-13(3)18-16(19-15)11-20-14-7-5-12(2)6-8-14/h5-8,10H,4,9,11H2,1-3H3,(H,17,18,19). The summed E-state index contributed by atoms with van der Waals surface area (Å²) in [5.41, 5.74) is 2.30. The monoisotopic (exact) mass is 287 g/mol. The molecule has 2 rings (SSSR count). The first-order valence-electron chi connectivity index (χ1n) is 6.95. The van der Waals surface area contributed by atoms with Crippen molar-refractivity contribution >= 4 is 17.6 Å². The molecule has 0 saturated carbocycles. The van der Waals surface area contributed by atoms with Crippen molar-refractivity contribution in [2.24, 2.45) is 0 Å². The lowest BCUT2D eigenvalue weighted by Gasteiger charge is -2.07. The second kappa shape index (κ2) is 7.29. The highest BCUT2D eigenvalue weighted by Crippen LogP contribution is 2.22. The van der Waals surface area contributed by atoms with Gasteiger partial charge in [-0.15, -0.1) is 11.8 Å². The molecule has 1 aromatic heterocycles. The largest absolute Gasteiger partial charge is 0.370 e. The molecule has 0 aliphatic heterocycles. The number of nitrogens with zero attached hydrogens (tertiary/aromatic N) is 2. The molecule has 0 unspecified atom stereocenters. The second-order valence-corrected chi connectivity index (χ2v) is 5.89. The minimum atomic E-state index is 0.797. The van der Waals surface area contributed by atoms with Gasteiger partial charge in [0.2, 0.25) is 0 Å². The number of hydrogen-bond acceptors (Lipinski definition) is 4. The van der Waals surface area contributed by atoms with Gasteiger partial charge in [0, 0.05) is 23.2 Å². The molecule has 0 fully saturated rings. The third-order valence-corrected chi connectivity index (χ3v) is 3.85. The predicted molar refractivity (Wildman–Crippen MR) is 86.3 cm³/mol. The van der Waals surface area contributed by atoms with Gasteiger partial charge in [0.15, 0.2) is 0 Å². The zero-order valence-electron chi connectivity index (χ0n) is 12.3. The van der Waals surface area contributed by atoms with E-state index < -0.39 is 0 Å². The average Bonchev–Trinajstić information content (AvgIpc) is 2.44. The first kappa shape index (κ1) is 14.9. The van der Waals surface area contributed by atoms with Crippen LogP contribution in [-0.4, -0.2) is 16.5 Å². The Balaban J connectivity index is 2.01. The molecular weight excluding hydrogens is 266 g/mol. The number of thioether (sulfide) groups is 1. The van der Waals surface area contributed by atoms with Gasteiger partial charge >= 0.3 is 0 Å². The summed E-state index contributed by atoms with van der Waals surface area (Å²) in [4.78, 5) is 10.3. The predicted octanol–water partition coefficient (Wildman–Crippen LogP) is 4.21. The van der Waals surface area contributed by atoms with E-state index in [2.05, 4.69) is 53.4 Å². The van der Waals surface area contributed by atoms with E-state index in [1.165, 1.54) is 10.5 Å². The van der Waals surface area contributed by atoms with E-state index in [0.29, 0.717) is 0 Å². The highest BCUT2D eigenvalue weighted by Gasteiger charge is 2.03. The number of anilines is 1. The molecule has 0 aliphatic rings. The lowest BCUT2D eigenvalue weighted by atomic mass is 10.2. The summed E-state index contributed by atoms with van der Waals surface area (Å²) in [6.07, 6.45) is 1.09. The fourth-order valence-corrected chi connectivity index (χ4v) is 2.57. The van der Waals surface area contributed by atoms with Gasteiger partial charge in [-0.25, -0.2) is 9.97 Å². The van der Waals surface area contributed by atoms with Gasteiger partial charge in [-0.3, -0.25) is 0 Å². The summed E-state index contributed by atoms with van der Waals surface area (Å²) < 4.78 is 0. The van der Waals surface area contributed by atoms with Crippen LogP contribution in [0.5, 0.6) is 0 Å². The van der Waals surface area contributed by atoms with E-state index in [-0.39, 0.29) is 0 Å². The molecule has 0 bridgehead atoms. The fourth-order valence-electron chi connectivity index (χ4n) is 1.82. The highest BCUT2D eigenvalue weighted by molar-refractivity contribution is 7.98. The number of rotatable bonds is 6. The Labute approximate surface area is 125 Å². The van der Waals surface area contributed by atoms with E-state index in [9.17, 15) is 0 Å². The van der Waals surface area contributed by atoms with Crippen molar-refractivity contribution in [3.8, 4) is 0 Å². The molecule has 0 atom stereocenters. The van der Waals surface area contributed by atoms with Crippen molar-refractivity contribution < 1.29 is 0 Å². The topological polar surface area (TPSA) is 37.8 Å². The van der Waals surface area contributed by atoms with Crippen LogP contribution in [-0.2, 0) is 5.75 Å². The van der Waals surface area contributed by atoms with Gasteiger partial charge in [-0.1, -0.05) is 24.6 Å². The molecular formula is C16H21N3S. The van der Waals surface area contributed by atoms with Crippen molar-refractivity contribution in [1.29, 1.82) is 0 Å². The summed E-state index contributed by atoms with van der Waals surface area (Å²) in [7, 11) is 0. The number of aromatic nitrogens is 2. The molecule has 0 saturated heterocycles. The van der Waals surface area contributed by atoms with Crippen molar-refractivity contribution in [1.82, 2.24) is 9.97 Å². The number of benzene rings is 1. The Morgan fingerprint density at radius 2 is 1.85 bits per heavy atom. The van der Waals surface area contributed by atoms with Crippen LogP contribution in [0.4, 0.5) is 5.82 Å². The average molecular weight is 287 g/mol. The van der Waals surface area contributed by atoms with Crippen molar-refractivity contribution in [2.45, 2.75) is 37.8 Å². The van der Waals surface area contributed by atoms with Crippen LogP contribution in [0.15, 0.2) is 35.2 Å². The molecule has 4 heteroatoms. The highest BCUT2D eigenvalue weighted by atomic mass is 32.2. The van der Waals surface area contributed by atoms with Crippen LogP contribution in [0.3, 0.4) is 0 Å². The van der Waals surface area contributed by atoms with Crippen LogP contribution < -0.4 is 5.32 Å². The maximum absolute atomic E-state index is 4.56. The van der Waals surface area contributed by atoms with E-state index in [4.69, 9.17) is 0 Å². The maximum Gasteiger partial charge on any atom is 0.141 e. The third-order valence-electron chi connectivity index (χ3n) is 2.85. The number of hydrogen-bond donors (Lipinski definition) is 1. The Bertz CT molecular complexity index is 552. The van der Waals surface area contributed by atoms with E-state index in [1.54, 1.807) is 11.8 Å². The van der Waals surface area contributed by atoms with Gasteiger partial charge in [-0.05, 0) is 32.4 Å². The minimum Gasteiger partial charge on any atom is -0.370 e. The Hall–Kier alpha value is -1.55. The Kier molecular flexibility index (Phi) is 5.41. The van der Waals surface area contributed by atoms with Crippen LogP contribution in [0.2, 0.25) is 0 Å². The van der Waals surface area contributed by atoms with Gasteiger partial charge in [0.05, 0.1) is 5.75 Å². The summed E-state index contributed by atoms with van der Waals surface area (Å²) in [6.45, 7) is 7.21. The molecule has 1 aromatic carbocycles. The van der Waals surface area contributed by atoms with Gasteiger partial charge < -0.3 is 5.32 Å². The zero-order valence-corrected chi connectivity index (χ0v) is 13.1. The van der Waals surface area contributed by atoms with Gasteiger partial charge in [0.1, 0.15) is 11.6 Å². The molecule has 1 heterocycles. The van der Waals surface area contributed by atoms with Crippen molar-refractivity contribution in [3.63, 3.8) is 0 Å². The molecule has 3 nitrogen and oxygen atoms in total. The quantitative estimate of drug-likeness (QED) is 0.808. The Morgan fingerprint density at radius 3 is 2.55 bits per heavy atom. The molecule has 1 N–H and O–H groups in total. The SMILES string of the molecule is CCCNc1cc(C)nc(CSc2ccc(C)cc2)n1. The van der Waals surface area contributed by atoms with E-state index in [1.807, 2.05) is 13.0 Å². The van der Waals surface area contributed by atoms with Crippen LogP contribution in [0.25, 0.3) is 0 Å². The van der Waals surface area contributed by atoms with E-state index in [0.717, 1.165) is 36.1 Å². The molecule has 0 spiro atoms. The summed E-state index contributed by atoms with van der Waals surface area (Å²) >= 11 is 1.77. The first-order valence-corrected chi connectivity index (χ1v) is 7.94.